The second-order valence-electron chi connectivity index (χ2n) is 4.51. The fourth-order valence-electron chi connectivity index (χ4n) is 2.51. The van der Waals surface area contributed by atoms with Crippen molar-refractivity contribution < 1.29 is 14.3 Å². The third-order valence-electron chi connectivity index (χ3n) is 3.15. The lowest BCUT2D eigenvalue weighted by Crippen LogP contribution is -2.34. The highest BCUT2D eigenvalue weighted by atomic mass is 16.7. The number of allylic oxidation sites excluding steroid dienone is 1. The Morgan fingerprint density at radius 3 is 2.88 bits per heavy atom. The molecule has 1 unspecified atom stereocenters. The minimum absolute atomic E-state index is 0.184. The van der Waals surface area contributed by atoms with Crippen LogP contribution in [-0.4, -0.2) is 26.3 Å². The molecule has 0 bridgehead atoms. The van der Waals surface area contributed by atoms with Crippen LogP contribution in [0.1, 0.15) is 33.1 Å². The van der Waals surface area contributed by atoms with E-state index in [4.69, 9.17) is 9.47 Å². The number of hydrogen-bond donors (Lipinski definition) is 0. The Labute approximate surface area is 97.8 Å². The van der Waals surface area contributed by atoms with E-state index in [0.29, 0.717) is 18.6 Å². The van der Waals surface area contributed by atoms with Crippen molar-refractivity contribution in [1.29, 1.82) is 0 Å². The van der Waals surface area contributed by atoms with Crippen molar-refractivity contribution in [3.63, 3.8) is 0 Å². The van der Waals surface area contributed by atoms with Gasteiger partial charge in [-0.25, -0.2) is 0 Å². The summed E-state index contributed by atoms with van der Waals surface area (Å²) >= 11 is 0. The Balaban J connectivity index is 2.69. The molecular formula is C13H22O3. The SMILES string of the molecule is CCC[C@@H]1CC(C=O)=C[C@H](C)C1OCOC. The van der Waals surface area contributed by atoms with Crippen molar-refractivity contribution in [2.24, 2.45) is 11.8 Å². The molecular weight excluding hydrogens is 204 g/mol. The van der Waals surface area contributed by atoms with Crippen LogP contribution in [0, 0.1) is 11.8 Å². The Hall–Kier alpha value is -0.670. The largest absolute Gasteiger partial charge is 0.359 e. The number of methoxy groups -OCH3 is 1. The van der Waals surface area contributed by atoms with Crippen molar-refractivity contribution in [2.45, 2.75) is 39.2 Å². The lowest BCUT2D eigenvalue weighted by Gasteiger charge is -2.34. The van der Waals surface area contributed by atoms with E-state index >= 15 is 0 Å². The molecule has 0 amide bonds. The zero-order valence-electron chi connectivity index (χ0n) is 10.4. The number of carbonyl (C=O) groups is 1. The first-order valence-electron chi connectivity index (χ1n) is 5.99. The standard InChI is InChI=1S/C13H22O3/c1-4-5-12-7-11(8-14)6-10(2)13(12)16-9-15-3/h6,8,10,12-13H,4-5,7,9H2,1-3H3/t10-,12+,13?/m0/s1. The Bertz CT molecular complexity index is 248. The molecule has 0 aromatic carbocycles. The molecule has 1 aliphatic rings. The number of carbonyl (C=O) groups excluding carboxylic acids is 1. The van der Waals surface area contributed by atoms with Gasteiger partial charge in [-0.05, 0) is 24.3 Å². The highest BCUT2D eigenvalue weighted by Gasteiger charge is 2.30. The second kappa shape index (κ2) is 6.81. The topological polar surface area (TPSA) is 35.5 Å². The third kappa shape index (κ3) is 3.42. The van der Waals surface area contributed by atoms with Crippen LogP contribution in [0.5, 0.6) is 0 Å². The number of rotatable bonds is 6. The molecule has 1 aliphatic carbocycles. The minimum Gasteiger partial charge on any atom is -0.359 e. The van der Waals surface area contributed by atoms with Crippen molar-refractivity contribution in [2.75, 3.05) is 13.9 Å². The van der Waals surface area contributed by atoms with Gasteiger partial charge in [-0.15, -0.1) is 0 Å². The van der Waals surface area contributed by atoms with Gasteiger partial charge in [0.25, 0.3) is 0 Å². The lowest BCUT2D eigenvalue weighted by molar-refractivity contribution is -0.111. The molecule has 0 N–H and O–H groups in total. The molecule has 0 spiro atoms. The van der Waals surface area contributed by atoms with Gasteiger partial charge in [0.1, 0.15) is 13.1 Å². The van der Waals surface area contributed by atoms with E-state index in [2.05, 4.69) is 13.8 Å². The maximum absolute atomic E-state index is 10.8. The first kappa shape index (κ1) is 13.4. The predicted molar refractivity (Wildman–Crippen MR) is 63.1 cm³/mol. The summed E-state index contributed by atoms with van der Waals surface area (Å²) in [6.45, 7) is 4.60. The van der Waals surface area contributed by atoms with Crippen LogP contribution in [0.2, 0.25) is 0 Å². The van der Waals surface area contributed by atoms with Gasteiger partial charge >= 0.3 is 0 Å². The molecule has 0 aromatic heterocycles. The van der Waals surface area contributed by atoms with Gasteiger partial charge in [-0.3, -0.25) is 4.79 Å². The van der Waals surface area contributed by atoms with E-state index in [1.54, 1.807) is 7.11 Å². The zero-order valence-corrected chi connectivity index (χ0v) is 10.4. The lowest BCUT2D eigenvalue weighted by atomic mass is 9.78. The summed E-state index contributed by atoms with van der Waals surface area (Å²) in [5.41, 5.74) is 0.920. The molecule has 3 nitrogen and oxygen atoms in total. The van der Waals surface area contributed by atoms with Crippen LogP contribution in [0.25, 0.3) is 0 Å². The van der Waals surface area contributed by atoms with E-state index < -0.39 is 0 Å². The summed E-state index contributed by atoms with van der Waals surface area (Å²) in [5, 5.41) is 0. The molecule has 0 heterocycles. The van der Waals surface area contributed by atoms with Crippen LogP contribution < -0.4 is 0 Å². The molecule has 0 fully saturated rings. The summed E-state index contributed by atoms with van der Waals surface area (Å²) in [4.78, 5) is 10.8. The van der Waals surface area contributed by atoms with Gasteiger partial charge < -0.3 is 9.47 Å². The van der Waals surface area contributed by atoms with E-state index in [-0.39, 0.29) is 6.10 Å². The summed E-state index contributed by atoms with van der Waals surface area (Å²) in [6, 6.07) is 0. The number of hydrogen-bond acceptors (Lipinski definition) is 3. The van der Waals surface area contributed by atoms with E-state index in [9.17, 15) is 4.79 Å². The Morgan fingerprint density at radius 1 is 1.56 bits per heavy atom. The quantitative estimate of drug-likeness (QED) is 0.516. The molecule has 0 aliphatic heterocycles. The first-order chi connectivity index (χ1) is 7.72. The molecule has 3 heteroatoms. The van der Waals surface area contributed by atoms with Crippen LogP contribution in [0.4, 0.5) is 0 Å². The monoisotopic (exact) mass is 226 g/mol. The summed E-state index contributed by atoms with van der Waals surface area (Å²) < 4.78 is 10.7. The van der Waals surface area contributed by atoms with Gasteiger partial charge in [0, 0.05) is 13.0 Å². The van der Waals surface area contributed by atoms with Crippen molar-refractivity contribution in [3.05, 3.63) is 11.6 Å². The highest BCUT2D eigenvalue weighted by molar-refractivity contribution is 5.73. The normalized spacial score (nSPS) is 29.9. The fraction of sp³-hybridized carbons (Fsp3) is 0.769. The summed E-state index contributed by atoms with van der Waals surface area (Å²) in [5.74, 6) is 0.737. The average molecular weight is 226 g/mol. The van der Waals surface area contributed by atoms with Gasteiger partial charge in [0.15, 0.2) is 0 Å². The van der Waals surface area contributed by atoms with E-state index in [0.717, 1.165) is 31.1 Å². The molecule has 16 heavy (non-hydrogen) atoms. The molecule has 0 saturated heterocycles. The Kier molecular flexibility index (Phi) is 5.71. The molecule has 0 saturated carbocycles. The van der Waals surface area contributed by atoms with Crippen molar-refractivity contribution in [1.82, 2.24) is 0 Å². The minimum atomic E-state index is 0.184. The molecule has 92 valence electrons. The third-order valence-corrected chi connectivity index (χ3v) is 3.15. The smallest absolute Gasteiger partial charge is 0.146 e. The van der Waals surface area contributed by atoms with Crippen LogP contribution >= 0.6 is 0 Å². The van der Waals surface area contributed by atoms with Gasteiger partial charge in [-0.2, -0.15) is 0 Å². The molecule has 0 radical (unpaired) electrons. The van der Waals surface area contributed by atoms with Crippen LogP contribution in [0.15, 0.2) is 11.6 Å². The summed E-state index contributed by atoms with van der Waals surface area (Å²) in [6.07, 6.45) is 6.25. The zero-order chi connectivity index (χ0) is 12.0. The fourth-order valence-corrected chi connectivity index (χ4v) is 2.51. The maximum Gasteiger partial charge on any atom is 0.146 e. The van der Waals surface area contributed by atoms with Crippen molar-refractivity contribution in [3.8, 4) is 0 Å². The highest BCUT2D eigenvalue weighted by Crippen LogP contribution is 2.33. The van der Waals surface area contributed by atoms with E-state index in [1.807, 2.05) is 6.08 Å². The average Bonchev–Trinajstić information content (AvgIpc) is 2.28. The van der Waals surface area contributed by atoms with Gasteiger partial charge in [-0.1, -0.05) is 26.3 Å². The number of ether oxygens (including phenoxy) is 2. The summed E-state index contributed by atoms with van der Waals surface area (Å²) in [7, 11) is 1.63. The second-order valence-corrected chi connectivity index (χ2v) is 4.51. The van der Waals surface area contributed by atoms with Gasteiger partial charge in [0.2, 0.25) is 0 Å². The van der Waals surface area contributed by atoms with E-state index in [1.165, 1.54) is 0 Å². The number of aldehydes is 1. The van der Waals surface area contributed by atoms with Crippen LogP contribution in [-0.2, 0) is 14.3 Å². The van der Waals surface area contributed by atoms with Crippen molar-refractivity contribution >= 4 is 6.29 Å². The predicted octanol–water partition coefficient (Wildman–Crippen LogP) is 2.56. The Morgan fingerprint density at radius 2 is 2.31 bits per heavy atom. The first-order valence-corrected chi connectivity index (χ1v) is 5.99. The molecule has 0 aromatic rings. The maximum atomic E-state index is 10.8. The molecule has 1 rings (SSSR count). The van der Waals surface area contributed by atoms with Gasteiger partial charge in [0.05, 0.1) is 6.10 Å². The molecule has 3 atom stereocenters. The van der Waals surface area contributed by atoms with Crippen LogP contribution in [0.3, 0.4) is 0 Å².